The number of carbonyl (C=O) groups excluding carboxylic acids is 1. The van der Waals surface area contributed by atoms with Gasteiger partial charge >= 0.3 is 0 Å². The van der Waals surface area contributed by atoms with E-state index in [-0.39, 0.29) is 10.9 Å². The van der Waals surface area contributed by atoms with Crippen molar-refractivity contribution in [1.29, 1.82) is 0 Å². The number of hydrogen-bond acceptors (Lipinski definition) is 4. The molecule has 0 saturated heterocycles. The van der Waals surface area contributed by atoms with Crippen LogP contribution in [0.25, 0.3) is 9.40 Å². The van der Waals surface area contributed by atoms with Crippen molar-refractivity contribution in [2.45, 2.75) is 0 Å². The average molecular weight is 336 g/mol. The predicted molar refractivity (Wildman–Crippen MR) is 89.9 cm³/mol. The highest BCUT2D eigenvalue weighted by atomic mass is 32.1. The van der Waals surface area contributed by atoms with Gasteiger partial charge in [-0.15, -0.1) is 22.7 Å². The third-order valence-electron chi connectivity index (χ3n) is 2.86. The largest absolute Gasteiger partial charge is 0.389 e. The minimum atomic E-state index is -0.451. The first-order valence-corrected chi connectivity index (χ1v) is 8.03. The molecule has 106 valence electrons. The summed E-state index contributed by atoms with van der Waals surface area (Å²) in [6.45, 7) is 0. The van der Waals surface area contributed by atoms with Gasteiger partial charge in [0.1, 0.15) is 10.8 Å². The molecular weight excluding hydrogens is 327 g/mol. The monoisotopic (exact) mass is 336 g/mol. The van der Waals surface area contributed by atoms with Gasteiger partial charge < -0.3 is 11.1 Å². The first-order valence-electron chi connectivity index (χ1n) is 5.92. The summed E-state index contributed by atoms with van der Waals surface area (Å²) in [6, 6.07) is 7.73. The standard InChI is InChI=1S/C14H9FN2OS3/c15-7-1-2-9(8(5-7)13(16)19)17-14(18)12-6-11-10(21-12)3-4-20-11/h1-6H,(H2,16,19)(H,17,18). The van der Waals surface area contributed by atoms with Crippen LogP contribution in [0.3, 0.4) is 0 Å². The number of nitrogens with two attached hydrogens (primary N) is 1. The summed E-state index contributed by atoms with van der Waals surface area (Å²) in [5.74, 6) is -0.708. The Morgan fingerprint density at radius 3 is 2.76 bits per heavy atom. The van der Waals surface area contributed by atoms with E-state index >= 15 is 0 Å². The Kier molecular flexibility index (Phi) is 3.71. The summed E-state index contributed by atoms with van der Waals surface area (Å²) < 4.78 is 15.4. The molecule has 0 aliphatic carbocycles. The second-order valence-electron chi connectivity index (χ2n) is 4.27. The molecule has 21 heavy (non-hydrogen) atoms. The maximum Gasteiger partial charge on any atom is 0.265 e. The Bertz CT molecular complexity index is 824. The quantitative estimate of drug-likeness (QED) is 0.711. The number of amides is 1. The van der Waals surface area contributed by atoms with Crippen LogP contribution in [-0.4, -0.2) is 10.9 Å². The lowest BCUT2D eigenvalue weighted by Gasteiger charge is -2.09. The van der Waals surface area contributed by atoms with Gasteiger partial charge in [0.15, 0.2) is 0 Å². The van der Waals surface area contributed by atoms with Crippen molar-refractivity contribution < 1.29 is 9.18 Å². The second-order valence-corrected chi connectivity index (χ2v) is 6.74. The van der Waals surface area contributed by atoms with Crippen LogP contribution >= 0.6 is 34.9 Å². The number of rotatable bonds is 3. The number of fused-ring (bicyclic) bond motifs is 1. The molecular formula is C14H9FN2OS3. The van der Waals surface area contributed by atoms with Gasteiger partial charge in [0.25, 0.3) is 5.91 Å². The highest BCUT2D eigenvalue weighted by molar-refractivity contribution is 7.80. The van der Waals surface area contributed by atoms with E-state index in [1.165, 1.54) is 29.5 Å². The summed E-state index contributed by atoms with van der Waals surface area (Å²) in [5, 5.41) is 4.71. The van der Waals surface area contributed by atoms with Crippen LogP contribution in [0, 0.1) is 5.82 Å². The highest BCUT2D eigenvalue weighted by Gasteiger charge is 2.14. The number of carbonyl (C=O) groups is 1. The number of hydrogen-bond donors (Lipinski definition) is 2. The topological polar surface area (TPSA) is 55.1 Å². The normalized spacial score (nSPS) is 10.7. The zero-order valence-electron chi connectivity index (χ0n) is 10.6. The molecule has 0 saturated carbocycles. The maximum atomic E-state index is 13.2. The molecule has 3 rings (SSSR count). The highest BCUT2D eigenvalue weighted by Crippen LogP contribution is 2.30. The molecule has 2 aromatic heterocycles. The van der Waals surface area contributed by atoms with Crippen LogP contribution < -0.4 is 11.1 Å². The Balaban J connectivity index is 1.91. The summed E-state index contributed by atoms with van der Waals surface area (Å²) in [5.41, 5.74) is 6.28. The van der Waals surface area contributed by atoms with Crippen LogP contribution in [-0.2, 0) is 0 Å². The molecule has 0 spiro atoms. The fourth-order valence-electron chi connectivity index (χ4n) is 1.89. The molecule has 0 unspecified atom stereocenters. The Morgan fingerprint density at radius 2 is 2.05 bits per heavy atom. The van der Waals surface area contributed by atoms with Gasteiger partial charge in [-0.05, 0) is 35.7 Å². The molecule has 2 heterocycles. The molecule has 7 heteroatoms. The molecule has 0 atom stereocenters. The van der Waals surface area contributed by atoms with Gasteiger partial charge in [-0.3, -0.25) is 4.79 Å². The smallest absolute Gasteiger partial charge is 0.265 e. The van der Waals surface area contributed by atoms with E-state index in [0.29, 0.717) is 16.1 Å². The lowest BCUT2D eigenvalue weighted by Crippen LogP contribution is -2.17. The Hall–Kier alpha value is -1.83. The van der Waals surface area contributed by atoms with Gasteiger partial charge in [0, 0.05) is 15.0 Å². The van der Waals surface area contributed by atoms with E-state index in [0.717, 1.165) is 9.40 Å². The summed E-state index contributed by atoms with van der Waals surface area (Å²) in [7, 11) is 0. The molecule has 1 amide bonds. The summed E-state index contributed by atoms with van der Waals surface area (Å²) in [4.78, 5) is 12.9. The summed E-state index contributed by atoms with van der Waals surface area (Å²) >= 11 is 7.87. The fraction of sp³-hybridized carbons (Fsp3) is 0. The van der Waals surface area contributed by atoms with Crippen molar-refractivity contribution in [2.75, 3.05) is 5.32 Å². The molecule has 3 nitrogen and oxygen atoms in total. The van der Waals surface area contributed by atoms with Gasteiger partial charge in [-0.1, -0.05) is 12.2 Å². The third-order valence-corrected chi connectivity index (χ3v) is 5.17. The number of thiophene rings is 2. The molecule has 0 fully saturated rings. The van der Waals surface area contributed by atoms with Gasteiger partial charge in [0.2, 0.25) is 0 Å². The van der Waals surface area contributed by atoms with E-state index in [1.807, 2.05) is 17.5 Å². The number of halogens is 1. The molecule has 0 aliphatic rings. The average Bonchev–Trinajstić information content (AvgIpc) is 3.01. The predicted octanol–water partition coefficient (Wildman–Crippen LogP) is 3.99. The minimum Gasteiger partial charge on any atom is -0.389 e. The molecule has 0 radical (unpaired) electrons. The van der Waals surface area contributed by atoms with Crippen LogP contribution in [0.5, 0.6) is 0 Å². The van der Waals surface area contributed by atoms with Crippen molar-refractivity contribution in [2.24, 2.45) is 5.73 Å². The van der Waals surface area contributed by atoms with Crippen molar-refractivity contribution in [3.8, 4) is 0 Å². The Morgan fingerprint density at radius 1 is 1.24 bits per heavy atom. The van der Waals surface area contributed by atoms with E-state index in [2.05, 4.69) is 5.32 Å². The zero-order chi connectivity index (χ0) is 15.0. The van der Waals surface area contributed by atoms with E-state index in [4.69, 9.17) is 18.0 Å². The number of nitrogens with one attached hydrogen (secondary N) is 1. The molecule has 0 bridgehead atoms. The van der Waals surface area contributed by atoms with E-state index in [1.54, 1.807) is 11.3 Å². The maximum absolute atomic E-state index is 13.2. The van der Waals surface area contributed by atoms with Gasteiger partial charge in [-0.2, -0.15) is 0 Å². The number of benzene rings is 1. The SMILES string of the molecule is NC(=S)c1cc(F)ccc1NC(=O)c1cc2sccc2s1. The van der Waals surface area contributed by atoms with Gasteiger partial charge in [-0.25, -0.2) is 4.39 Å². The zero-order valence-corrected chi connectivity index (χ0v) is 13.0. The van der Waals surface area contributed by atoms with Crippen LogP contribution in [0.4, 0.5) is 10.1 Å². The van der Waals surface area contributed by atoms with Crippen LogP contribution in [0.15, 0.2) is 35.7 Å². The number of anilines is 1. The minimum absolute atomic E-state index is 0.0389. The third kappa shape index (κ3) is 2.80. The van der Waals surface area contributed by atoms with Crippen molar-refractivity contribution in [3.05, 3.63) is 52.0 Å². The van der Waals surface area contributed by atoms with Crippen molar-refractivity contribution in [1.82, 2.24) is 0 Å². The van der Waals surface area contributed by atoms with E-state index in [9.17, 15) is 9.18 Å². The molecule has 1 aromatic carbocycles. The first-order chi connectivity index (χ1) is 10.0. The van der Waals surface area contributed by atoms with Crippen LogP contribution in [0.1, 0.15) is 15.2 Å². The Labute approximate surface area is 133 Å². The fourth-order valence-corrected chi connectivity index (χ4v) is 4.06. The molecule has 3 N–H and O–H groups in total. The van der Waals surface area contributed by atoms with Crippen molar-refractivity contribution >= 4 is 60.9 Å². The first kappa shape index (κ1) is 14.1. The lowest BCUT2D eigenvalue weighted by molar-refractivity contribution is 0.103. The molecule has 3 aromatic rings. The van der Waals surface area contributed by atoms with E-state index < -0.39 is 5.82 Å². The van der Waals surface area contributed by atoms with Gasteiger partial charge in [0.05, 0.1) is 10.6 Å². The number of thiocarbonyl (C=S) groups is 1. The summed E-state index contributed by atoms with van der Waals surface area (Å²) in [6.07, 6.45) is 0. The second kappa shape index (κ2) is 5.51. The van der Waals surface area contributed by atoms with Crippen molar-refractivity contribution in [3.63, 3.8) is 0 Å². The van der Waals surface area contributed by atoms with Crippen LogP contribution in [0.2, 0.25) is 0 Å². The molecule has 0 aliphatic heterocycles. The lowest BCUT2D eigenvalue weighted by atomic mass is 10.1.